The first kappa shape index (κ1) is 13.7. The van der Waals surface area contributed by atoms with Gasteiger partial charge in [-0.1, -0.05) is 12.8 Å². The van der Waals surface area contributed by atoms with Crippen molar-refractivity contribution in [1.29, 1.82) is 0 Å². The third-order valence-corrected chi connectivity index (χ3v) is 3.93. The minimum Gasteiger partial charge on any atom is -0.399 e. The van der Waals surface area contributed by atoms with Crippen molar-refractivity contribution in [2.45, 2.75) is 31.7 Å². The Morgan fingerprint density at radius 1 is 1.21 bits per heavy atom. The summed E-state index contributed by atoms with van der Waals surface area (Å²) in [5.74, 6) is 0.0721. The Morgan fingerprint density at radius 2 is 1.84 bits per heavy atom. The molecular weight excluding hydrogens is 238 g/mol. The molecule has 104 valence electrons. The van der Waals surface area contributed by atoms with Gasteiger partial charge in [-0.2, -0.15) is 0 Å². The molecule has 1 fully saturated rings. The number of carbonyl (C=O) groups is 1. The lowest BCUT2D eigenvalue weighted by Gasteiger charge is -2.27. The van der Waals surface area contributed by atoms with E-state index in [1.807, 2.05) is 43.1 Å². The molecular formula is C15H23N3O. The zero-order valence-electron chi connectivity index (χ0n) is 12.0. The van der Waals surface area contributed by atoms with Gasteiger partial charge in [0.2, 0.25) is 0 Å². The lowest BCUT2D eigenvalue weighted by atomic mass is 10.1. The summed E-state index contributed by atoms with van der Waals surface area (Å²) in [5.41, 5.74) is 8.08. The molecule has 1 aliphatic rings. The normalized spacial score (nSPS) is 15.5. The molecule has 0 radical (unpaired) electrons. The Labute approximate surface area is 115 Å². The van der Waals surface area contributed by atoms with Crippen LogP contribution in [0.25, 0.3) is 0 Å². The van der Waals surface area contributed by atoms with Crippen molar-refractivity contribution in [3.05, 3.63) is 23.8 Å². The Kier molecular flexibility index (Phi) is 3.98. The molecule has 0 aromatic heterocycles. The highest BCUT2D eigenvalue weighted by atomic mass is 16.2. The van der Waals surface area contributed by atoms with Gasteiger partial charge in [0.05, 0.1) is 5.56 Å². The number of carbonyl (C=O) groups excluding carboxylic acids is 1. The predicted molar refractivity (Wildman–Crippen MR) is 79.5 cm³/mol. The maximum absolute atomic E-state index is 12.7. The van der Waals surface area contributed by atoms with E-state index in [9.17, 15) is 4.79 Å². The molecule has 1 amide bonds. The first-order valence-corrected chi connectivity index (χ1v) is 6.84. The molecule has 0 spiro atoms. The van der Waals surface area contributed by atoms with Crippen molar-refractivity contribution >= 4 is 17.3 Å². The van der Waals surface area contributed by atoms with Crippen LogP contribution in [0, 0.1) is 0 Å². The lowest BCUT2D eigenvalue weighted by molar-refractivity contribution is 0.0736. The number of nitrogens with zero attached hydrogens (tertiary/aromatic N) is 2. The lowest BCUT2D eigenvalue weighted by Crippen LogP contribution is -2.36. The van der Waals surface area contributed by atoms with Crippen LogP contribution in [0.2, 0.25) is 0 Å². The molecule has 0 atom stereocenters. The number of benzene rings is 1. The van der Waals surface area contributed by atoms with E-state index in [4.69, 9.17) is 5.73 Å². The third kappa shape index (κ3) is 2.83. The molecule has 0 bridgehead atoms. The second-order valence-electron chi connectivity index (χ2n) is 5.53. The molecule has 1 aromatic rings. The second-order valence-corrected chi connectivity index (χ2v) is 5.53. The molecule has 1 aromatic carbocycles. The average molecular weight is 261 g/mol. The smallest absolute Gasteiger partial charge is 0.256 e. The van der Waals surface area contributed by atoms with Crippen molar-refractivity contribution in [3.8, 4) is 0 Å². The Balaban J connectivity index is 2.29. The van der Waals surface area contributed by atoms with Crippen LogP contribution in [0.1, 0.15) is 36.0 Å². The maximum Gasteiger partial charge on any atom is 0.256 e. The van der Waals surface area contributed by atoms with E-state index in [-0.39, 0.29) is 5.91 Å². The number of nitrogen functional groups attached to an aromatic ring is 1. The van der Waals surface area contributed by atoms with Crippen LogP contribution >= 0.6 is 0 Å². The van der Waals surface area contributed by atoms with Crippen molar-refractivity contribution in [2.24, 2.45) is 0 Å². The van der Waals surface area contributed by atoms with Crippen molar-refractivity contribution in [2.75, 3.05) is 31.8 Å². The highest BCUT2D eigenvalue weighted by Gasteiger charge is 2.26. The number of rotatable bonds is 3. The van der Waals surface area contributed by atoms with E-state index in [2.05, 4.69) is 0 Å². The molecule has 2 N–H and O–H groups in total. The molecule has 19 heavy (non-hydrogen) atoms. The van der Waals surface area contributed by atoms with E-state index in [1.165, 1.54) is 12.8 Å². The van der Waals surface area contributed by atoms with Gasteiger partial charge in [-0.3, -0.25) is 4.79 Å². The average Bonchev–Trinajstić information content (AvgIpc) is 2.90. The monoisotopic (exact) mass is 261 g/mol. The summed E-state index contributed by atoms with van der Waals surface area (Å²) >= 11 is 0. The topological polar surface area (TPSA) is 49.6 Å². The van der Waals surface area contributed by atoms with Crippen LogP contribution in [0.15, 0.2) is 18.2 Å². The van der Waals surface area contributed by atoms with Gasteiger partial charge in [0.25, 0.3) is 5.91 Å². The summed E-state index contributed by atoms with van der Waals surface area (Å²) in [5, 5.41) is 0. The summed E-state index contributed by atoms with van der Waals surface area (Å²) < 4.78 is 0. The molecule has 2 rings (SSSR count). The number of anilines is 2. The van der Waals surface area contributed by atoms with Gasteiger partial charge >= 0.3 is 0 Å². The zero-order chi connectivity index (χ0) is 14.0. The first-order chi connectivity index (χ1) is 9.00. The van der Waals surface area contributed by atoms with Crippen LogP contribution in [-0.4, -0.2) is 38.0 Å². The summed E-state index contributed by atoms with van der Waals surface area (Å²) in [4.78, 5) is 16.5. The van der Waals surface area contributed by atoms with Gasteiger partial charge in [0, 0.05) is 38.6 Å². The van der Waals surface area contributed by atoms with Gasteiger partial charge in [0.1, 0.15) is 0 Å². The first-order valence-electron chi connectivity index (χ1n) is 6.84. The molecule has 0 unspecified atom stereocenters. The number of amides is 1. The van der Waals surface area contributed by atoms with Crippen LogP contribution in [0.5, 0.6) is 0 Å². The Bertz CT molecular complexity index is 464. The van der Waals surface area contributed by atoms with Crippen molar-refractivity contribution < 1.29 is 4.79 Å². The minimum absolute atomic E-state index is 0.0721. The molecule has 0 heterocycles. The zero-order valence-corrected chi connectivity index (χ0v) is 12.0. The van der Waals surface area contributed by atoms with E-state index in [1.54, 1.807) is 6.07 Å². The fourth-order valence-electron chi connectivity index (χ4n) is 2.76. The minimum atomic E-state index is 0.0721. The van der Waals surface area contributed by atoms with Gasteiger partial charge in [-0.15, -0.1) is 0 Å². The van der Waals surface area contributed by atoms with Crippen molar-refractivity contribution in [1.82, 2.24) is 4.90 Å². The largest absolute Gasteiger partial charge is 0.399 e. The fourth-order valence-corrected chi connectivity index (χ4v) is 2.76. The van der Waals surface area contributed by atoms with Gasteiger partial charge in [0.15, 0.2) is 0 Å². The molecule has 1 saturated carbocycles. The number of nitrogens with two attached hydrogens (primary N) is 1. The van der Waals surface area contributed by atoms with Crippen LogP contribution in [0.3, 0.4) is 0 Å². The van der Waals surface area contributed by atoms with E-state index in [0.717, 1.165) is 18.5 Å². The Hall–Kier alpha value is -1.71. The van der Waals surface area contributed by atoms with Crippen LogP contribution in [0.4, 0.5) is 11.4 Å². The van der Waals surface area contributed by atoms with Crippen molar-refractivity contribution in [3.63, 3.8) is 0 Å². The standard InChI is InChI=1S/C15H23N3O/c1-17(2)14-9-8-11(16)10-13(14)15(19)18(3)12-6-4-5-7-12/h8-10,12H,4-7,16H2,1-3H3. The maximum atomic E-state index is 12.7. The summed E-state index contributed by atoms with van der Waals surface area (Å²) in [6, 6.07) is 5.90. The van der Waals surface area contributed by atoms with E-state index < -0.39 is 0 Å². The fraction of sp³-hybridized carbons (Fsp3) is 0.533. The molecule has 4 nitrogen and oxygen atoms in total. The highest BCUT2D eigenvalue weighted by molar-refractivity contribution is 6.00. The summed E-state index contributed by atoms with van der Waals surface area (Å²) in [7, 11) is 5.79. The second kappa shape index (κ2) is 5.51. The summed E-state index contributed by atoms with van der Waals surface area (Å²) in [6.07, 6.45) is 4.67. The molecule has 0 saturated heterocycles. The molecule has 4 heteroatoms. The molecule has 0 aliphatic heterocycles. The number of hydrogen-bond donors (Lipinski definition) is 1. The Morgan fingerprint density at radius 3 is 2.42 bits per heavy atom. The summed E-state index contributed by atoms with van der Waals surface area (Å²) in [6.45, 7) is 0. The predicted octanol–water partition coefficient (Wildman–Crippen LogP) is 2.35. The third-order valence-electron chi connectivity index (χ3n) is 3.93. The van der Waals surface area contributed by atoms with Gasteiger partial charge in [-0.05, 0) is 31.0 Å². The van der Waals surface area contributed by atoms with E-state index in [0.29, 0.717) is 17.3 Å². The number of hydrogen-bond acceptors (Lipinski definition) is 3. The van der Waals surface area contributed by atoms with Crippen LogP contribution in [-0.2, 0) is 0 Å². The van der Waals surface area contributed by atoms with Gasteiger partial charge in [-0.25, -0.2) is 0 Å². The SMILES string of the molecule is CN(C)c1ccc(N)cc1C(=O)N(C)C1CCCC1. The van der Waals surface area contributed by atoms with E-state index >= 15 is 0 Å². The molecule has 1 aliphatic carbocycles. The van der Waals surface area contributed by atoms with Crippen LogP contribution < -0.4 is 10.6 Å². The quantitative estimate of drug-likeness (QED) is 0.850. The highest BCUT2D eigenvalue weighted by Crippen LogP contribution is 2.27. The van der Waals surface area contributed by atoms with Gasteiger partial charge < -0.3 is 15.5 Å².